The van der Waals surface area contributed by atoms with Crippen LogP contribution in [-0.4, -0.2) is 66.6 Å². The molecule has 4 heterocycles. The monoisotopic (exact) mass is 508 g/mol. The van der Waals surface area contributed by atoms with Crippen molar-refractivity contribution in [2.75, 3.05) is 44.6 Å². The van der Waals surface area contributed by atoms with E-state index in [4.69, 9.17) is 4.74 Å². The van der Waals surface area contributed by atoms with Gasteiger partial charge in [0.05, 0.1) is 13.1 Å². The van der Waals surface area contributed by atoms with Crippen LogP contribution in [0.15, 0.2) is 54.6 Å². The maximum absolute atomic E-state index is 14.0. The van der Waals surface area contributed by atoms with Crippen molar-refractivity contribution in [3.8, 4) is 0 Å². The second kappa shape index (κ2) is 10.9. The molecule has 7 heteroatoms. The van der Waals surface area contributed by atoms with Gasteiger partial charge in [0.2, 0.25) is 0 Å². The molecular formula is C30H39FN3O3+. The van der Waals surface area contributed by atoms with Crippen LogP contribution in [0.5, 0.6) is 0 Å². The molecule has 2 aromatic rings. The molecule has 0 aromatic heterocycles. The van der Waals surface area contributed by atoms with Gasteiger partial charge < -0.3 is 14.5 Å². The third-order valence-electron chi connectivity index (χ3n) is 8.86. The number of anilines is 1. The number of halogens is 1. The Kier molecular flexibility index (Phi) is 7.63. The number of rotatable bonds is 7. The van der Waals surface area contributed by atoms with E-state index in [2.05, 4.69) is 10.2 Å². The Morgan fingerprint density at radius 1 is 1.03 bits per heavy atom. The highest BCUT2D eigenvalue weighted by atomic mass is 19.1. The Bertz CT molecular complexity index is 1090. The van der Waals surface area contributed by atoms with E-state index >= 15 is 0 Å². The molecule has 0 spiro atoms. The van der Waals surface area contributed by atoms with Gasteiger partial charge in [-0.15, -0.1) is 0 Å². The molecule has 6 nitrogen and oxygen atoms in total. The highest BCUT2D eigenvalue weighted by Crippen LogP contribution is 2.38. The highest BCUT2D eigenvalue weighted by molar-refractivity contribution is 5.91. The summed E-state index contributed by atoms with van der Waals surface area (Å²) in [6.45, 7) is 6.55. The zero-order chi connectivity index (χ0) is 25.9. The summed E-state index contributed by atoms with van der Waals surface area (Å²) in [5, 5.41) is 2.85. The molecule has 0 saturated carbocycles. The van der Waals surface area contributed by atoms with Crippen LogP contribution in [0, 0.1) is 11.7 Å². The number of nitrogens with one attached hydrogen (secondary N) is 1. The molecule has 4 aliphatic rings. The number of piperidine rings is 3. The number of hydrogen-bond acceptors (Lipinski definition) is 4. The Labute approximate surface area is 219 Å². The molecule has 1 unspecified atom stereocenters. The molecule has 4 fully saturated rings. The molecule has 1 N–H and O–H groups in total. The van der Waals surface area contributed by atoms with Crippen LogP contribution in [0.4, 0.5) is 10.1 Å². The largest absolute Gasteiger partial charge is 0.454 e. The summed E-state index contributed by atoms with van der Waals surface area (Å²) in [6.07, 6.45) is 6.24. The van der Waals surface area contributed by atoms with Gasteiger partial charge in [0.1, 0.15) is 17.9 Å². The van der Waals surface area contributed by atoms with Crippen LogP contribution in [-0.2, 0) is 19.9 Å². The van der Waals surface area contributed by atoms with Crippen molar-refractivity contribution in [1.82, 2.24) is 4.90 Å². The molecule has 37 heavy (non-hydrogen) atoms. The Balaban J connectivity index is 1.31. The molecule has 198 valence electrons. The van der Waals surface area contributed by atoms with Crippen molar-refractivity contribution in [2.45, 2.75) is 57.1 Å². The van der Waals surface area contributed by atoms with Crippen molar-refractivity contribution < 1.29 is 23.2 Å². The SMILES string of the molecule is CC(C(=O)O[C@H]1C[N+]2(CC(=O)Nc3cccc(F)c3)CCC1CC2)(c1ccccc1)N1CCCCCC1. The fraction of sp³-hybridized carbons (Fsp3) is 0.533. The van der Waals surface area contributed by atoms with Crippen LogP contribution in [0.3, 0.4) is 0 Å². The number of hydrogen-bond donors (Lipinski definition) is 1. The van der Waals surface area contributed by atoms with E-state index in [1.54, 1.807) is 12.1 Å². The number of carbonyl (C=O) groups is 2. The van der Waals surface area contributed by atoms with Crippen molar-refractivity contribution >= 4 is 17.6 Å². The van der Waals surface area contributed by atoms with E-state index < -0.39 is 5.54 Å². The lowest BCUT2D eigenvalue weighted by atomic mass is 9.82. The number of amides is 1. The van der Waals surface area contributed by atoms with Gasteiger partial charge in [0.15, 0.2) is 12.6 Å². The molecule has 2 aromatic carbocycles. The van der Waals surface area contributed by atoms with Crippen LogP contribution < -0.4 is 5.32 Å². The van der Waals surface area contributed by atoms with Gasteiger partial charge in [-0.2, -0.15) is 0 Å². The van der Waals surface area contributed by atoms with E-state index in [-0.39, 0.29) is 23.8 Å². The predicted octanol–water partition coefficient (Wildman–Crippen LogP) is 4.71. The van der Waals surface area contributed by atoms with Crippen molar-refractivity contribution in [3.63, 3.8) is 0 Å². The lowest BCUT2D eigenvalue weighted by Gasteiger charge is -2.52. The van der Waals surface area contributed by atoms with E-state index in [1.807, 2.05) is 37.3 Å². The number of ether oxygens (including phenoxy) is 1. The fourth-order valence-electron chi connectivity index (χ4n) is 6.61. The number of nitrogens with zero attached hydrogens (tertiary/aromatic N) is 2. The van der Waals surface area contributed by atoms with Crippen LogP contribution in [0.25, 0.3) is 0 Å². The minimum atomic E-state index is -0.836. The summed E-state index contributed by atoms with van der Waals surface area (Å²) >= 11 is 0. The number of benzene rings is 2. The normalized spacial score (nSPS) is 27.6. The third kappa shape index (κ3) is 5.58. The number of fused-ring (bicyclic) bond motifs is 3. The summed E-state index contributed by atoms with van der Waals surface area (Å²) in [6, 6.07) is 16.0. The standard InChI is InChI=1S/C30H38FN3O3/c1-30(24-10-5-4-6-11-24,33-16-7-2-3-8-17-33)29(36)37-27-21-34(18-14-23(27)15-19-34)22-28(35)32-26-13-9-12-25(31)20-26/h4-6,9-13,20,23,27H,2-3,7-8,14-19,21-22H2,1H3/p+1/t23?,27-,30?,34?/m0/s1. The molecule has 0 aliphatic carbocycles. The molecule has 1 amide bonds. The number of likely N-dealkylation sites (tertiary alicyclic amines) is 1. The number of quaternary nitrogens is 1. The smallest absolute Gasteiger partial charge is 0.331 e. The average Bonchev–Trinajstić information content (AvgIpc) is 3.19. The van der Waals surface area contributed by atoms with E-state index in [1.165, 1.54) is 25.0 Å². The average molecular weight is 509 g/mol. The lowest BCUT2D eigenvalue weighted by Crippen LogP contribution is -2.66. The van der Waals surface area contributed by atoms with Crippen molar-refractivity contribution in [1.29, 1.82) is 0 Å². The van der Waals surface area contributed by atoms with Gasteiger partial charge in [-0.1, -0.05) is 49.2 Å². The first kappa shape index (κ1) is 25.9. The van der Waals surface area contributed by atoms with E-state index in [9.17, 15) is 14.0 Å². The summed E-state index contributed by atoms with van der Waals surface area (Å²) in [4.78, 5) is 29.3. The van der Waals surface area contributed by atoms with E-state index in [0.717, 1.165) is 57.4 Å². The molecule has 6 rings (SSSR count). The molecule has 4 aliphatic heterocycles. The maximum Gasteiger partial charge on any atom is 0.331 e. The van der Waals surface area contributed by atoms with Gasteiger partial charge in [0.25, 0.3) is 5.91 Å². The van der Waals surface area contributed by atoms with Gasteiger partial charge in [0, 0.05) is 24.4 Å². The zero-order valence-corrected chi connectivity index (χ0v) is 21.8. The number of carbonyl (C=O) groups excluding carboxylic acids is 2. The first-order valence-electron chi connectivity index (χ1n) is 13.8. The Hall–Kier alpha value is -2.77. The lowest BCUT2D eigenvalue weighted by molar-refractivity contribution is -0.939. The van der Waals surface area contributed by atoms with Crippen LogP contribution in [0.2, 0.25) is 0 Å². The van der Waals surface area contributed by atoms with Crippen LogP contribution in [0.1, 0.15) is 51.0 Å². The first-order chi connectivity index (χ1) is 17.9. The summed E-state index contributed by atoms with van der Waals surface area (Å²) < 4.78 is 20.6. The van der Waals surface area contributed by atoms with Crippen LogP contribution >= 0.6 is 0 Å². The minimum Gasteiger partial charge on any atom is -0.454 e. The second-order valence-electron chi connectivity index (χ2n) is 11.3. The van der Waals surface area contributed by atoms with Crippen molar-refractivity contribution in [2.24, 2.45) is 5.92 Å². The Morgan fingerprint density at radius 2 is 1.73 bits per heavy atom. The highest BCUT2D eigenvalue weighted by Gasteiger charge is 2.51. The first-order valence-corrected chi connectivity index (χ1v) is 13.8. The van der Waals surface area contributed by atoms with Gasteiger partial charge in [-0.25, -0.2) is 9.18 Å². The molecular weight excluding hydrogens is 469 g/mol. The minimum absolute atomic E-state index is 0.130. The summed E-state index contributed by atoms with van der Waals surface area (Å²) in [5.41, 5.74) is 0.604. The quantitative estimate of drug-likeness (QED) is 0.435. The van der Waals surface area contributed by atoms with Crippen molar-refractivity contribution in [3.05, 3.63) is 66.0 Å². The third-order valence-corrected chi connectivity index (χ3v) is 8.86. The fourth-order valence-corrected chi connectivity index (χ4v) is 6.61. The van der Waals surface area contributed by atoms with Gasteiger partial charge >= 0.3 is 5.97 Å². The Morgan fingerprint density at radius 3 is 2.41 bits per heavy atom. The topological polar surface area (TPSA) is 58.6 Å². The molecule has 2 atom stereocenters. The zero-order valence-electron chi connectivity index (χ0n) is 21.8. The van der Waals surface area contributed by atoms with Gasteiger partial charge in [-0.3, -0.25) is 9.69 Å². The second-order valence-corrected chi connectivity index (χ2v) is 11.3. The summed E-state index contributed by atoms with van der Waals surface area (Å²) in [5.74, 6) is -0.350. The van der Waals surface area contributed by atoms with E-state index in [0.29, 0.717) is 29.2 Å². The number of esters is 1. The molecule has 2 bridgehead atoms. The predicted molar refractivity (Wildman–Crippen MR) is 141 cm³/mol. The summed E-state index contributed by atoms with van der Waals surface area (Å²) in [7, 11) is 0. The maximum atomic E-state index is 14.0. The molecule has 0 radical (unpaired) electrons. The van der Waals surface area contributed by atoms with Gasteiger partial charge in [-0.05, 0) is 56.6 Å². The molecule has 4 saturated heterocycles.